The predicted octanol–water partition coefficient (Wildman–Crippen LogP) is 7.42. The third kappa shape index (κ3) is 7.89. The highest BCUT2D eigenvalue weighted by molar-refractivity contribution is 5.84. The molecule has 0 spiro atoms. The molecule has 0 saturated carbocycles. The maximum atomic E-state index is 4.66. The molecule has 0 unspecified atom stereocenters. The van der Waals surface area contributed by atoms with Crippen molar-refractivity contribution in [2.75, 3.05) is 13.1 Å². The van der Waals surface area contributed by atoms with Crippen molar-refractivity contribution in [1.82, 2.24) is 0 Å². The quantitative estimate of drug-likeness (QED) is 0.275. The molecule has 30 heavy (non-hydrogen) atoms. The van der Waals surface area contributed by atoms with Crippen LogP contribution in [0.15, 0.2) is 34.3 Å². The van der Waals surface area contributed by atoms with Crippen LogP contribution in [0.5, 0.6) is 0 Å². The van der Waals surface area contributed by atoms with Crippen LogP contribution in [-0.2, 0) is 0 Å². The van der Waals surface area contributed by atoms with Crippen molar-refractivity contribution in [2.45, 2.75) is 80.1 Å². The monoisotopic (exact) mass is 404 g/mol. The molecule has 0 radical (unpaired) electrons. The topological polar surface area (TPSA) is 24.7 Å². The highest BCUT2D eigenvalue weighted by Gasteiger charge is 2.01. The summed E-state index contributed by atoms with van der Waals surface area (Å²) in [6, 6.07) is 8.95. The van der Waals surface area contributed by atoms with Crippen LogP contribution in [0.4, 0.5) is 0 Å². The lowest BCUT2D eigenvalue weighted by molar-refractivity contribution is 0.602. The fraction of sp³-hybridized carbons (Fsp3) is 0.500. The molecule has 0 heterocycles. The van der Waals surface area contributed by atoms with Crippen LogP contribution < -0.4 is 0 Å². The van der Waals surface area contributed by atoms with Gasteiger partial charge in [-0.05, 0) is 87.8 Å². The van der Waals surface area contributed by atoms with Gasteiger partial charge >= 0.3 is 0 Å². The van der Waals surface area contributed by atoms with Gasteiger partial charge in [0, 0.05) is 25.5 Å². The lowest BCUT2D eigenvalue weighted by Crippen LogP contribution is -1.95. The van der Waals surface area contributed by atoms with Gasteiger partial charge in [-0.15, -0.1) is 0 Å². The summed E-state index contributed by atoms with van der Waals surface area (Å²) >= 11 is 0. The van der Waals surface area contributed by atoms with Gasteiger partial charge in [0.05, 0.1) is 0 Å². The molecule has 0 aliphatic rings. The Kier molecular flexibility index (Phi) is 10.00. The molecule has 0 fully saturated rings. The number of aryl methyl sites for hydroxylation is 6. The minimum Gasteiger partial charge on any atom is -0.293 e. The minimum atomic E-state index is 0.937. The predicted molar refractivity (Wildman–Crippen MR) is 134 cm³/mol. The number of nitrogens with zero attached hydrogens (tertiary/aromatic N) is 2. The summed E-state index contributed by atoms with van der Waals surface area (Å²) < 4.78 is 0. The van der Waals surface area contributed by atoms with Crippen molar-refractivity contribution >= 4 is 12.4 Å². The Balaban J connectivity index is 1.56. The van der Waals surface area contributed by atoms with Crippen LogP contribution in [0.2, 0.25) is 0 Å². The minimum absolute atomic E-state index is 0.937. The van der Waals surface area contributed by atoms with E-state index >= 15 is 0 Å². The molecule has 2 heteroatoms. The van der Waals surface area contributed by atoms with Crippen molar-refractivity contribution in [3.05, 3.63) is 68.8 Å². The summed E-state index contributed by atoms with van der Waals surface area (Å²) in [6.07, 6.45) is 11.7. The van der Waals surface area contributed by atoms with Crippen LogP contribution in [-0.4, -0.2) is 25.5 Å². The lowest BCUT2D eigenvalue weighted by atomic mass is 10.0. The van der Waals surface area contributed by atoms with Gasteiger partial charge in [-0.1, -0.05) is 61.1 Å². The first-order valence-corrected chi connectivity index (χ1v) is 11.5. The number of hydrogen-bond acceptors (Lipinski definition) is 2. The second kappa shape index (κ2) is 12.5. The molecule has 2 nitrogen and oxygen atoms in total. The SMILES string of the molecule is Cc1cc(C)c(/C=N/CCCCCCCC/N=C/c2c(C)cc(C)cc2C)c(C)c1. The molecule has 0 N–H and O–H groups in total. The van der Waals surface area contributed by atoms with E-state index in [1.807, 2.05) is 0 Å². The Morgan fingerprint density at radius 2 is 0.800 bits per heavy atom. The summed E-state index contributed by atoms with van der Waals surface area (Å²) in [5.74, 6) is 0. The lowest BCUT2D eigenvalue weighted by Gasteiger charge is -2.06. The van der Waals surface area contributed by atoms with E-state index in [1.165, 1.54) is 83.0 Å². The maximum absolute atomic E-state index is 4.66. The van der Waals surface area contributed by atoms with Crippen molar-refractivity contribution in [3.8, 4) is 0 Å². The van der Waals surface area contributed by atoms with Crippen molar-refractivity contribution in [3.63, 3.8) is 0 Å². The van der Waals surface area contributed by atoms with Gasteiger partial charge in [0.25, 0.3) is 0 Å². The molecule has 162 valence electrons. The fourth-order valence-electron chi connectivity index (χ4n) is 4.21. The van der Waals surface area contributed by atoms with Gasteiger partial charge in [0.1, 0.15) is 0 Å². The van der Waals surface area contributed by atoms with E-state index in [0.717, 1.165) is 13.1 Å². The van der Waals surface area contributed by atoms with Crippen LogP contribution >= 0.6 is 0 Å². The van der Waals surface area contributed by atoms with Gasteiger partial charge in [-0.2, -0.15) is 0 Å². The Morgan fingerprint density at radius 1 is 0.500 bits per heavy atom. The average molecular weight is 405 g/mol. The van der Waals surface area contributed by atoms with E-state index in [-0.39, 0.29) is 0 Å². The molecule has 0 aliphatic heterocycles. The Bertz CT molecular complexity index is 755. The molecule has 0 amide bonds. The molecular formula is C28H40N2. The summed E-state index contributed by atoms with van der Waals surface area (Å²) in [5.41, 5.74) is 10.5. The van der Waals surface area contributed by atoms with Crippen LogP contribution in [0.3, 0.4) is 0 Å². The number of unbranched alkanes of at least 4 members (excludes halogenated alkanes) is 5. The molecular weight excluding hydrogens is 364 g/mol. The van der Waals surface area contributed by atoms with E-state index in [1.54, 1.807) is 0 Å². The molecule has 0 aliphatic carbocycles. The largest absolute Gasteiger partial charge is 0.293 e. The van der Waals surface area contributed by atoms with Crippen molar-refractivity contribution in [2.24, 2.45) is 9.98 Å². The molecule has 2 rings (SSSR count). The highest BCUT2D eigenvalue weighted by atomic mass is 14.7. The van der Waals surface area contributed by atoms with Crippen molar-refractivity contribution in [1.29, 1.82) is 0 Å². The summed E-state index contributed by atoms with van der Waals surface area (Å²) in [5, 5.41) is 0. The van der Waals surface area contributed by atoms with Gasteiger partial charge < -0.3 is 0 Å². The second-order valence-electron chi connectivity index (χ2n) is 8.82. The molecule has 2 aromatic rings. The van der Waals surface area contributed by atoms with Gasteiger partial charge in [0.2, 0.25) is 0 Å². The van der Waals surface area contributed by atoms with E-state index < -0.39 is 0 Å². The number of aliphatic imine (C=N–C) groups is 2. The summed E-state index contributed by atoms with van der Waals surface area (Å²) in [7, 11) is 0. The van der Waals surface area contributed by atoms with Crippen LogP contribution in [0.1, 0.15) is 83.0 Å². The first-order chi connectivity index (χ1) is 14.4. The van der Waals surface area contributed by atoms with Crippen LogP contribution in [0.25, 0.3) is 0 Å². The summed E-state index contributed by atoms with van der Waals surface area (Å²) in [4.78, 5) is 9.31. The third-order valence-corrected chi connectivity index (χ3v) is 5.74. The Labute approximate surface area is 184 Å². The van der Waals surface area contributed by atoms with Crippen molar-refractivity contribution < 1.29 is 0 Å². The van der Waals surface area contributed by atoms with E-state index in [0.29, 0.717) is 0 Å². The molecule has 0 atom stereocenters. The summed E-state index contributed by atoms with van der Waals surface area (Å²) in [6.45, 7) is 14.9. The zero-order chi connectivity index (χ0) is 21.9. The van der Waals surface area contributed by atoms with Gasteiger partial charge in [-0.25, -0.2) is 0 Å². The molecule has 0 bridgehead atoms. The van der Waals surface area contributed by atoms with E-state index in [2.05, 4.69) is 88.2 Å². The molecule has 2 aromatic carbocycles. The zero-order valence-corrected chi connectivity index (χ0v) is 20.0. The standard InChI is InChI=1S/C28H40N2/c1-21-15-23(3)27(24(4)16-21)19-29-13-11-9-7-8-10-12-14-30-20-28-25(5)17-22(2)18-26(28)6/h15-20H,7-14H2,1-6H3/b29-19+,30-20+. The van der Waals surface area contributed by atoms with Gasteiger partial charge in [-0.3, -0.25) is 9.98 Å². The maximum Gasteiger partial charge on any atom is 0.0389 e. The normalized spacial score (nSPS) is 11.8. The first kappa shape index (κ1) is 24.1. The van der Waals surface area contributed by atoms with Crippen LogP contribution in [0, 0.1) is 41.5 Å². The molecule has 0 saturated heterocycles. The smallest absolute Gasteiger partial charge is 0.0389 e. The molecule has 0 aromatic heterocycles. The van der Waals surface area contributed by atoms with E-state index in [4.69, 9.17) is 0 Å². The number of benzene rings is 2. The second-order valence-corrected chi connectivity index (χ2v) is 8.82. The Hall–Kier alpha value is -2.22. The van der Waals surface area contributed by atoms with Gasteiger partial charge in [0.15, 0.2) is 0 Å². The Morgan fingerprint density at radius 3 is 1.13 bits per heavy atom. The third-order valence-electron chi connectivity index (χ3n) is 5.74. The highest BCUT2D eigenvalue weighted by Crippen LogP contribution is 2.15. The van der Waals surface area contributed by atoms with E-state index in [9.17, 15) is 0 Å². The number of rotatable bonds is 11. The zero-order valence-electron chi connectivity index (χ0n) is 20.0. The average Bonchev–Trinajstić information content (AvgIpc) is 2.65. The number of hydrogen-bond donors (Lipinski definition) is 0. The fourth-order valence-corrected chi connectivity index (χ4v) is 4.21. The first-order valence-electron chi connectivity index (χ1n) is 11.5.